The van der Waals surface area contributed by atoms with Crippen LogP contribution in [-0.2, 0) is 6.42 Å². The Bertz CT molecular complexity index is 530. The smallest absolute Gasteiger partial charge is 0.143 e. The fourth-order valence-corrected chi connectivity index (χ4v) is 2.66. The molecule has 3 heteroatoms. The van der Waals surface area contributed by atoms with Crippen molar-refractivity contribution in [1.29, 1.82) is 0 Å². The average molecular weight is 216 g/mol. The van der Waals surface area contributed by atoms with Gasteiger partial charge in [0.05, 0.1) is 18.8 Å². The maximum atomic E-state index is 6.19. The van der Waals surface area contributed by atoms with Crippen LogP contribution in [0.5, 0.6) is 5.75 Å². The van der Waals surface area contributed by atoms with Crippen molar-refractivity contribution < 1.29 is 4.74 Å². The molecule has 84 valence electrons. The second kappa shape index (κ2) is 3.52. The highest BCUT2D eigenvalue weighted by molar-refractivity contribution is 5.87. The lowest BCUT2D eigenvalue weighted by Gasteiger charge is -2.24. The SMILES string of the molecule is COc1cccc2cc3n(c12)C(N)CCC3. The molecule has 3 rings (SSSR count). The first kappa shape index (κ1) is 9.73. The second-order valence-electron chi connectivity index (χ2n) is 4.36. The van der Waals surface area contributed by atoms with Crippen LogP contribution in [-0.4, -0.2) is 11.7 Å². The van der Waals surface area contributed by atoms with Crippen molar-refractivity contribution in [3.63, 3.8) is 0 Å². The van der Waals surface area contributed by atoms with Crippen molar-refractivity contribution >= 4 is 10.9 Å². The van der Waals surface area contributed by atoms with Crippen molar-refractivity contribution in [2.45, 2.75) is 25.4 Å². The molecule has 3 nitrogen and oxygen atoms in total. The monoisotopic (exact) mass is 216 g/mol. The van der Waals surface area contributed by atoms with E-state index in [4.69, 9.17) is 10.5 Å². The molecule has 2 heterocycles. The highest BCUT2D eigenvalue weighted by atomic mass is 16.5. The number of aromatic nitrogens is 1. The van der Waals surface area contributed by atoms with Gasteiger partial charge in [-0.25, -0.2) is 0 Å². The van der Waals surface area contributed by atoms with Crippen molar-refractivity contribution in [3.05, 3.63) is 30.0 Å². The van der Waals surface area contributed by atoms with E-state index in [9.17, 15) is 0 Å². The number of hydrogen-bond acceptors (Lipinski definition) is 2. The number of fused-ring (bicyclic) bond motifs is 3. The molecule has 1 unspecified atom stereocenters. The third-order valence-electron chi connectivity index (χ3n) is 3.39. The molecular formula is C13H16N2O. The number of aryl methyl sites for hydroxylation is 1. The summed E-state index contributed by atoms with van der Waals surface area (Å²) in [5.41, 5.74) is 8.67. The molecule has 1 aromatic carbocycles. The van der Waals surface area contributed by atoms with E-state index in [0.29, 0.717) is 0 Å². The zero-order valence-corrected chi connectivity index (χ0v) is 9.44. The van der Waals surface area contributed by atoms with Crippen LogP contribution in [0.1, 0.15) is 24.7 Å². The number of methoxy groups -OCH3 is 1. The molecular weight excluding hydrogens is 200 g/mol. The third kappa shape index (κ3) is 1.25. The lowest BCUT2D eigenvalue weighted by Crippen LogP contribution is -2.24. The Morgan fingerprint density at radius 3 is 3.12 bits per heavy atom. The maximum absolute atomic E-state index is 6.19. The number of ether oxygens (including phenoxy) is 1. The topological polar surface area (TPSA) is 40.2 Å². The van der Waals surface area contributed by atoms with E-state index < -0.39 is 0 Å². The van der Waals surface area contributed by atoms with Gasteiger partial charge in [-0.1, -0.05) is 12.1 Å². The summed E-state index contributed by atoms with van der Waals surface area (Å²) in [5.74, 6) is 0.918. The van der Waals surface area contributed by atoms with Crippen LogP contribution >= 0.6 is 0 Å². The molecule has 0 amide bonds. The Hall–Kier alpha value is -1.48. The van der Waals surface area contributed by atoms with E-state index in [-0.39, 0.29) is 6.17 Å². The summed E-state index contributed by atoms with van der Waals surface area (Å²) in [5, 5.41) is 1.23. The van der Waals surface area contributed by atoms with Crippen LogP contribution in [0.4, 0.5) is 0 Å². The Labute approximate surface area is 94.8 Å². The van der Waals surface area contributed by atoms with Gasteiger partial charge >= 0.3 is 0 Å². The normalized spacial score (nSPS) is 19.8. The van der Waals surface area contributed by atoms with Crippen LogP contribution < -0.4 is 10.5 Å². The number of nitrogens with two attached hydrogens (primary N) is 1. The van der Waals surface area contributed by atoms with Gasteiger partial charge in [-0.2, -0.15) is 0 Å². The Morgan fingerprint density at radius 1 is 1.44 bits per heavy atom. The summed E-state index contributed by atoms with van der Waals surface area (Å²) in [7, 11) is 1.71. The van der Waals surface area contributed by atoms with Gasteiger partial charge in [-0.15, -0.1) is 0 Å². The molecule has 16 heavy (non-hydrogen) atoms. The summed E-state index contributed by atoms with van der Waals surface area (Å²) in [6.07, 6.45) is 3.44. The Kier molecular flexibility index (Phi) is 2.14. The predicted molar refractivity (Wildman–Crippen MR) is 64.7 cm³/mol. The van der Waals surface area contributed by atoms with Crippen LogP contribution in [0.15, 0.2) is 24.3 Å². The molecule has 0 saturated carbocycles. The lowest BCUT2D eigenvalue weighted by atomic mass is 10.1. The molecule has 0 fully saturated rings. The van der Waals surface area contributed by atoms with Crippen molar-refractivity contribution in [2.24, 2.45) is 5.73 Å². The second-order valence-corrected chi connectivity index (χ2v) is 4.36. The van der Waals surface area contributed by atoms with Crippen molar-refractivity contribution in [1.82, 2.24) is 4.57 Å². The molecule has 1 aliphatic heterocycles. The third-order valence-corrected chi connectivity index (χ3v) is 3.39. The highest BCUT2D eigenvalue weighted by Crippen LogP contribution is 2.34. The van der Waals surface area contributed by atoms with Gasteiger partial charge in [0.15, 0.2) is 0 Å². The van der Waals surface area contributed by atoms with Gasteiger partial charge in [-0.05, 0) is 31.4 Å². The quantitative estimate of drug-likeness (QED) is 0.795. The van der Waals surface area contributed by atoms with E-state index in [0.717, 1.165) is 24.1 Å². The Morgan fingerprint density at radius 2 is 2.31 bits per heavy atom. The van der Waals surface area contributed by atoms with Gasteiger partial charge < -0.3 is 15.0 Å². The van der Waals surface area contributed by atoms with E-state index in [1.54, 1.807) is 7.11 Å². The van der Waals surface area contributed by atoms with E-state index in [2.05, 4.69) is 16.7 Å². The van der Waals surface area contributed by atoms with Crippen LogP contribution in [0, 0.1) is 0 Å². The van der Waals surface area contributed by atoms with Gasteiger partial charge in [0.2, 0.25) is 0 Å². The summed E-state index contributed by atoms with van der Waals surface area (Å²) in [6.45, 7) is 0. The predicted octanol–water partition coefficient (Wildman–Crippen LogP) is 2.44. The van der Waals surface area contributed by atoms with E-state index in [1.165, 1.54) is 17.5 Å². The summed E-state index contributed by atoms with van der Waals surface area (Å²) >= 11 is 0. The molecule has 1 atom stereocenters. The molecule has 1 aliphatic rings. The number of nitrogens with zero attached hydrogens (tertiary/aromatic N) is 1. The van der Waals surface area contributed by atoms with Crippen LogP contribution in [0.2, 0.25) is 0 Å². The zero-order valence-electron chi connectivity index (χ0n) is 9.44. The van der Waals surface area contributed by atoms with Gasteiger partial charge in [-0.3, -0.25) is 0 Å². The molecule has 0 aliphatic carbocycles. The molecule has 0 saturated heterocycles. The zero-order chi connectivity index (χ0) is 11.1. The summed E-state index contributed by atoms with van der Waals surface area (Å²) < 4.78 is 7.66. The van der Waals surface area contributed by atoms with Gasteiger partial charge in [0.25, 0.3) is 0 Å². The molecule has 0 radical (unpaired) electrons. The molecule has 0 bridgehead atoms. The largest absolute Gasteiger partial charge is 0.495 e. The molecule has 0 spiro atoms. The number of benzene rings is 1. The van der Waals surface area contributed by atoms with Crippen molar-refractivity contribution in [3.8, 4) is 5.75 Å². The first-order valence-corrected chi connectivity index (χ1v) is 5.73. The fraction of sp³-hybridized carbons (Fsp3) is 0.385. The van der Waals surface area contributed by atoms with E-state index >= 15 is 0 Å². The molecule has 2 aromatic rings. The highest BCUT2D eigenvalue weighted by Gasteiger charge is 2.20. The maximum Gasteiger partial charge on any atom is 0.143 e. The van der Waals surface area contributed by atoms with E-state index in [1.807, 2.05) is 12.1 Å². The van der Waals surface area contributed by atoms with Crippen molar-refractivity contribution in [2.75, 3.05) is 7.11 Å². The molecule has 2 N–H and O–H groups in total. The van der Waals surface area contributed by atoms with Gasteiger partial charge in [0.1, 0.15) is 5.75 Å². The molecule has 1 aromatic heterocycles. The lowest BCUT2D eigenvalue weighted by molar-refractivity contribution is 0.400. The fourth-order valence-electron chi connectivity index (χ4n) is 2.66. The number of para-hydroxylation sites is 1. The number of hydrogen-bond donors (Lipinski definition) is 1. The summed E-state index contributed by atoms with van der Waals surface area (Å²) in [6, 6.07) is 8.38. The minimum Gasteiger partial charge on any atom is -0.495 e. The van der Waals surface area contributed by atoms with Crippen LogP contribution in [0.3, 0.4) is 0 Å². The standard InChI is InChI=1S/C13H16N2O/c1-16-11-6-2-4-9-8-10-5-3-7-12(14)15(10)13(9)11/h2,4,6,8,12H,3,5,7,14H2,1H3. The summed E-state index contributed by atoms with van der Waals surface area (Å²) in [4.78, 5) is 0. The van der Waals surface area contributed by atoms with Crippen LogP contribution in [0.25, 0.3) is 10.9 Å². The number of rotatable bonds is 1. The minimum absolute atomic E-state index is 0.0950. The first-order chi connectivity index (χ1) is 7.81. The van der Waals surface area contributed by atoms with Gasteiger partial charge in [0, 0.05) is 11.1 Å². The minimum atomic E-state index is 0.0950. The average Bonchev–Trinajstić information content (AvgIpc) is 2.68. The first-order valence-electron chi connectivity index (χ1n) is 5.73. The Balaban J connectivity index is 2.35.